The van der Waals surface area contributed by atoms with Crippen molar-refractivity contribution in [1.29, 1.82) is 0 Å². The zero-order valence-corrected chi connectivity index (χ0v) is 14.4. The van der Waals surface area contributed by atoms with Crippen LogP contribution in [-0.2, 0) is 9.53 Å². The van der Waals surface area contributed by atoms with Gasteiger partial charge >= 0.3 is 12.0 Å². The highest BCUT2D eigenvalue weighted by Gasteiger charge is 2.27. The molecule has 0 saturated carbocycles. The summed E-state index contributed by atoms with van der Waals surface area (Å²) < 4.78 is 24.8. The number of anilines is 1. The van der Waals surface area contributed by atoms with E-state index in [1.165, 1.54) is 23.1 Å². The van der Waals surface area contributed by atoms with Crippen molar-refractivity contribution in [3.8, 4) is 5.75 Å². The van der Waals surface area contributed by atoms with Crippen molar-refractivity contribution in [1.82, 2.24) is 4.90 Å². The van der Waals surface area contributed by atoms with Crippen LogP contribution in [0.1, 0.15) is 25.7 Å². The highest BCUT2D eigenvalue weighted by Crippen LogP contribution is 2.27. The predicted octanol–water partition coefficient (Wildman–Crippen LogP) is 2.71. The van der Waals surface area contributed by atoms with Crippen molar-refractivity contribution in [2.75, 3.05) is 31.6 Å². The first kappa shape index (κ1) is 18.4. The molecule has 26 heavy (non-hydrogen) atoms. The Labute approximate surface area is 151 Å². The first-order chi connectivity index (χ1) is 12.5. The van der Waals surface area contributed by atoms with Gasteiger partial charge in [-0.25, -0.2) is 9.18 Å². The summed E-state index contributed by atoms with van der Waals surface area (Å²) in [7, 11) is 0. The summed E-state index contributed by atoms with van der Waals surface area (Å²) in [6.07, 6.45) is 2.75. The summed E-state index contributed by atoms with van der Waals surface area (Å²) in [6.45, 7) is 1.76. The Morgan fingerprint density at radius 1 is 1.31 bits per heavy atom. The molecule has 1 aromatic carbocycles. The average molecular weight is 366 g/mol. The van der Waals surface area contributed by atoms with Gasteiger partial charge in [0.25, 0.3) is 0 Å². The molecule has 1 unspecified atom stereocenters. The Balaban J connectivity index is 1.60. The van der Waals surface area contributed by atoms with Gasteiger partial charge < -0.3 is 24.8 Å². The van der Waals surface area contributed by atoms with Crippen LogP contribution in [0.3, 0.4) is 0 Å². The molecule has 0 radical (unpaired) electrons. The van der Waals surface area contributed by atoms with Crippen LogP contribution in [0.25, 0.3) is 0 Å². The Bertz CT molecular complexity index is 655. The van der Waals surface area contributed by atoms with Crippen LogP contribution < -0.4 is 10.1 Å². The van der Waals surface area contributed by atoms with E-state index in [0.717, 1.165) is 12.8 Å². The van der Waals surface area contributed by atoms with Gasteiger partial charge in [-0.05, 0) is 37.8 Å². The van der Waals surface area contributed by atoms with Crippen molar-refractivity contribution >= 4 is 17.7 Å². The fourth-order valence-corrected chi connectivity index (χ4v) is 3.21. The van der Waals surface area contributed by atoms with Gasteiger partial charge in [-0.15, -0.1) is 0 Å². The number of carbonyl (C=O) groups is 2. The number of urea groups is 1. The molecule has 2 saturated heterocycles. The van der Waals surface area contributed by atoms with E-state index >= 15 is 0 Å². The molecule has 0 bridgehead atoms. The van der Waals surface area contributed by atoms with Crippen molar-refractivity contribution in [3.63, 3.8) is 0 Å². The van der Waals surface area contributed by atoms with E-state index < -0.39 is 17.7 Å². The summed E-state index contributed by atoms with van der Waals surface area (Å²) in [5.41, 5.74) is 0.258. The summed E-state index contributed by atoms with van der Waals surface area (Å²) in [5, 5.41) is 11.7. The normalized spacial score (nSPS) is 20.8. The Kier molecular flexibility index (Phi) is 5.92. The lowest BCUT2D eigenvalue weighted by molar-refractivity contribution is -0.143. The molecule has 3 rings (SSSR count). The number of hydrogen-bond donors (Lipinski definition) is 2. The van der Waals surface area contributed by atoms with Gasteiger partial charge in [0, 0.05) is 25.8 Å². The number of aliphatic carboxylic acids is 1. The molecule has 2 aliphatic heterocycles. The zero-order chi connectivity index (χ0) is 18.5. The molecule has 7 nitrogen and oxygen atoms in total. The standard InChI is InChI=1S/C18H23FN2O5/c19-13-3-4-16(26-11-14-2-1-9-25-14)15(10-13)20-18(24)21-7-5-12(6-8-21)17(22)23/h3-4,10,12,14H,1-2,5-9,11H2,(H,20,24)(H,22,23). The molecule has 2 heterocycles. The van der Waals surface area contributed by atoms with E-state index in [1.807, 2.05) is 0 Å². The van der Waals surface area contributed by atoms with Crippen molar-refractivity contribution < 1.29 is 28.6 Å². The molecule has 0 aliphatic carbocycles. The first-order valence-corrected chi connectivity index (χ1v) is 8.85. The first-order valence-electron chi connectivity index (χ1n) is 8.85. The second kappa shape index (κ2) is 8.35. The fourth-order valence-electron chi connectivity index (χ4n) is 3.21. The maximum absolute atomic E-state index is 13.6. The lowest BCUT2D eigenvalue weighted by atomic mass is 9.97. The number of carboxylic acids is 1. The number of hydrogen-bond acceptors (Lipinski definition) is 4. The number of likely N-dealkylation sites (tertiary alicyclic amines) is 1. The molecule has 1 aromatic rings. The van der Waals surface area contributed by atoms with E-state index in [4.69, 9.17) is 14.6 Å². The molecular formula is C18H23FN2O5. The van der Waals surface area contributed by atoms with Crippen molar-refractivity contribution in [2.45, 2.75) is 31.8 Å². The number of nitrogens with zero attached hydrogens (tertiary/aromatic N) is 1. The minimum Gasteiger partial charge on any atom is -0.489 e. The summed E-state index contributed by atoms with van der Waals surface area (Å²) in [5.74, 6) is -1.34. The van der Waals surface area contributed by atoms with Crippen molar-refractivity contribution in [2.24, 2.45) is 5.92 Å². The highest BCUT2D eigenvalue weighted by molar-refractivity contribution is 5.91. The van der Waals surface area contributed by atoms with E-state index in [0.29, 0.717) is 44.9 Å². The summed E-state index contributed by atoms with van der Waals surface area (Å²) in [6, 6.07) is 3.59. The van der Waals surface area contributed by atoms with E-state index in [1.54, 1.807) is 0 Å². The quantitative estimate of drug-likeness (QED) is 0.837. The van der Waals surface area contributed by atoms with E-state index in [9.17, 15) is 14.0 Å². The number of ether oxygens (including phenoxy) is 2. The summed E-state index contributed by atoms with van der Waals surface area (Å²) >= 11 is 0. The maximum atomic E-state index is 13.6. The number of amides is 2. The number of carboxylic acid groups (broad SMARTS) is 1. The predicted molar refractivity (Wildman–Crippen MR) is 91.8 cm³/mol. The highest BCUT2D eigenvalue weighted by atomic mass is 19.1. The number of nitrogens with one attached hydrogen (secondary N) is 1. The SMILES string of the molecule is O=C(O)C1CCN(C(=O)Nc2cc(F)ccc2OCC2CCCO2)CC1. The molecule has 2 N–H and O–H groups in total. The van der Waals surface area contributed by atoms with Crippen LogP contribution in [0.15, 0.2) is 18.2 Å². The largest absolute Gasteiger partial charge is 0.489 e. The Morgan fingerprint density at radius 3 is 2.73 bits per heavy atom. The second-order valence-corrected chi connectivity index (χ2v) is 6.62. The second-order valence-electron chi connectivity index (χ2n) is 6.62. The molecule has 1 atom stereocenters. The topological polar surface area (TPSA) is 88.1 Å². The number of rotatable bonds is 5. The number of carbonyl (C=O) groups excluding carboxylic acids is 1. The van der Waals surface area contributed by atoms with Crippen LogP contribution >= 0.6 is 0 Å². The van der Waals surface area contributed by atoms with Gasteiger partial charge in [0.15, 0.2) is 0 Å². The van der Waals surface area contributed by atoms with Crippen LogP contribution in [0.5, 0.6) is 5.75 Å². The van der Waals surface area contributed by atoms with Crippen LogP contribution in [0.2, 0.25) is 0 Å². The number of benzene rings is 1. The Hall–Kier alpha value is -2.35. The molecule has 0 spiro atoms. The molecule has 2 fully saturated rings. The Morgan fingerprint density at radius 2 is 2.08 bits per heavy atom. The van der Waals surface area contributed by atoms with Gasteiger partial charge in [-0.1, -0.05) is 0 Å². The lowest BCUT2D eigenvalue weighted by Crippen LogP contribution is -2.42. The van der Waals surface area contributed by atoms with Gasteiger partial charge in [0.1, 0.15) is 18.2 Å². The van der Waals surface area contributed by atoms with Crippen LogP contribution in [-0.4, -0.2) is 54.4 Å². The third-order valence-corrected chi connectivity index (χ3v) is 4.76. The average Bonchev–Trinajstić information content (AvgIpc) is 3.14. The molecule has 0 aromatic heterocycles. The van der Waals surface area contributed by atoms with Crippen molar-refractivity contribution in [3.05, 3.63) is 24.0 Å². The molecule has 2 aliphatic rings. The molecular weight excluding hydrogens is 343 g/mol. The smallest absolute Gasteiger partial charge is 0.321 e. The van der Waals surface area contributed by atoms with Gasteiger partial charge in [0.2, 0.25) is 0 Å². The minimum absolute atomic E-state index is 0.0126. The van der Waals surface area contributed by atoms with Gasteiger partial charge in [-0.3, -0.25) is 4.79 Å². The van der Waals surface area contributed by atoms with Gasteiger partial charge in [-0.2, -0.15) is 0 Å². The fraction of sp³-hybridized carbons (Fsp3) is 0.556. The lowest BCUT2D eigenvalue weighted by Gasteiger charge is -2.30. The maximum Gasteiger partial charge on any atom is 0.321 e. The third-order valence-electron chi connectivity index (χ3n) is 4.76. The van der Waals surface area contributed by atoms with E-state index in [-0.39, 0.29) is 17.8 Å². The number of piperidine rings is 1. The monoisotopic (exact) mass is 366 g/mol. The zero-order valence-electron chi connectivity index (χ0n) is 14.4. The van der Waals surface area contributed by atoms with Crippen LogP contribution in [0.4, 0.5) is 14.9 Å². The van der Waals surface area contributed by atoms with E-state index in [2.05, 4.69) is 5.32 Å². The molecule has 142 valence electrons. The van der Waals surface area contributed by atoms with Crippen LogP contribution in [0, 0.1) is 11.7 Å². The molecule has 8 heteroatoms. The molecule has 2 amide bonds. The minimum atomic E-state index is -0.833. The number of halogens is 1. The third kappa shape index (κ3) is 4.63. The summed E-state index contributed by atoms with van der Waals surface area (Å²) in [4.78, 5) is 25.0. The van der Waals surface area contributed by atoms with Gasteiger partial charge in [0.05, 0.1) is 17.7 Å².